The van der Waals surface area contributed by atoms with Crippen molar-refractivity contribution in [1.29, 1.82) is 0 Å². The van der Waals surface area contributed by atoms with E-state index < -0.39 is 0 Å². The maximum atomic E-state index is 12.6. The molecule has 1 aliphatic rings. The van der Waals surface area contributed by atoms with Crippen LogP contribution in [-0.2, 0) is 12.8 Å². The second kappa shape index (κ2) is 5.70. The number of rotatable bonds is 3. The van der Waals surface area contributed by atoms with Crippen molar-refractivity contribution < 1.29 is 9.53 Å². The summed E-state index contributed by atoms with van der Waals surface area (Å²) < 4.78 is 7.06. The molecule has 0 aliphatic heterocycles. The molecule has 2 heterocycles. The Bertz CT molecular complexity index is 932. The third kappa shape index (κ3) is 2.35. The molecule has 0 N–H and O–H groups in total. The summed E-state index contributed by atoms with van der Waals surface area (Å²) in [5.41, 5.74) is 2.50. The van der Waals surface area contributed by atoms with Gasteiger partial charge in [0.2, 0.25) is 0 Å². The summed E-state index contributed by atoms with van der Waals surface area (Å²) in [5.74, 6) is 2.27. The Balaban J connectivity index is 1.77. The van der Waals surface area contributed by atoms with E-state index in [4.69, 9.17) is 4.74 Å². The topological polar surface area (TPSA) is 69.4 Å². The van der Waals surface area contributed by atoms with Gasteiger partial charge in [-0.1, -0.05) is 25.1 Å². The molecule has 24 heavy (non-hydrogen) atoms. The molecule has 122 valence electrons. The summed E-state index contributed by atoms with van der Waals surface area (Å²) in [7, 11) is 1.65. The molecule has 4 rings (SSSR count). The van der Waals surface area contributed by atoms with Crippen molar-refractivity contribution in [1.82, 2.24) is 19.6 Å². The number of nitrogens with zero attached hydrogens (tertiary/aromatic N) is 4. The van der Waals surface area contributed by atoms with Gasteiger partial charge in [0.1, 0.15) is 5.75 Å². The van der Waals surface area contributed by atoms with Crippen LogP contribution < -0.4 is 4.74 Å². The number of methoxy groups -OCH3 is 1. The predicted octanol–water partition coefficient (Wildman–Crippen LogP) is 2.61. The molecular weight excluding hydrogens is 304 g/mol. The first-order valence-corrected chi connectivity index (χ1v) is 8.11. The maximum Gasteiger partial charge on any atom is 0.252 e. The van der Waals surface area contributed by atoms with Gasteiger partial charge in [0.15, 0.2) is 11.6 Å². The Morgan fingerprint density at radius 1 is 1.25 bits per heavy atom. The number of benzene rings is 1. The number of ketones is 1. The largest absolute Gasteiger partial charge is 0.496 e. The van der Waals surface area contributed by atoms with E-state index >= 15 is 0 Å². The zero-order valence-corrected chi connectivity index (χ0v) is 13.7. The standard InChI is InChI=1S/C18H18N4O2/c1-3-17-20-18-19-14-8-11(12-6-4-5-7-16(12)24-2)9-15(23)13(14)10-22(18)21-17/h4-7,10-11H,3,8-9H2,1-2H3. The molecular formula is C18H18N4O2. The van der Waals surface area contributed by atoms with E-state index in [1.807, 2.05) is 31.2 Å². The molecule has 3 aromatic rings. The maximum absolute atomic E-state index is 12.6. The van der Waals surface area contributed by atoms with Gasteiger partial charge in [-0.25, -0.2) is 9.50 Å². The normalized spacial score (nSPS) is 17.1. The van der Waals surface area contributed by atoms with Gasteiger partial charge >= 0.3 is 0 Å². The van der Waals surface area contributed by atoms with E-state index in [1.165, 1.54) is 0 Å². The number of aromatic nitrogens is 4. The average Bonchev–Trinajstić information content (AvgIpc) is 3.02. The van der Waals surface area contributed by atoms with Crippen LogP contribution in [0.1, 0.15) is 46.7 Å². The van der Waals surface area contributed by atoms with Crippen LogP contribution in [0.25, 0.3) is 5.78 Å². The molecule has 6 nitrogen and oxygen atoms in total. The van der Waals surface area contributed by atoms with Crippen LogP contribution in [0.2, 0.25) is 0 Å². The molecule has 2 aromatic heterocycles. The van der Waals surface area contributed by atoms with Crippen LogP contribution in [0.3, 0.4) is 0 Å². The van der Waals surface area contributed by atoms with Gasteiger partial charge in [-0.2, -0.15) is 4.98 Å². The molecule has 0 spiro atoms. The van der Waals surface area contributed by atoms with Crippen LogP contribution in [0.5, 0.6) is 5.75 Å². The fourth-order valence-corrected chi connectivity index (χ4v) is 3.30. The number of ether oxygens (including phenoxy) is 1. The lowest BCUT2D eigenvalue weighted by atomic mass is 9.82. The molecule has 0 amide bonds. The number of carbonyl (C=O) groups excluding carboxylic acids is 1. The Morgan fingerprint density at radius 3 is 2.88 bits per heavy atom. The van der Waals surface area contributed by atoms with Crippen molar-refractivity contribution in [3.63, 3.8) is 0 Å². The zero-order chi connectivity index (χ0) is 16.7. The molecule has 0 saturated heterocycles. The molecule has 1 atom stereocenters. The highest BCUT2D eigenvalue weighted by atomic mass is 16.5. The predicted molar refractivity (Wildman–Crippen MR) is 88.5 cm³/mol. The molecule has 0 saturated carbocycles. The lowest BCUT2D eigenvalue weighted by Gasteiger charge is -2.24. The Labute approximate surface area is 139 Å². The SMILES string of the molecule is CCc1nc2nc3c(cn2n1)C(=O)CC(c1ccccc1OC)C3. The van der Waals surface area contributed by atoms with E-state index in [-0.39, 0.29) is 11.7 Å². The number of para-hydroxylation sites is 1. The van der Waals surface area contributed by atoms with Crippen molar-refractivity contribution in [2.45, 2.75) is 32.1 Å². The van der Waals surface area contributed by atoms with E-state index in [0.717, 1.165) is 29.3 Å². The Kier molecular flexibility index (Phi) is 3.52. The minimum Gasteiger partial charge on any atom is -0.496 e. The second-order valence-electron chi connectivity index (χ2n) is 6.00. The van der Waals surface area contributed by atoms with E-state index in [9.17, 15) is 4.79 Å². The molecule has 0 fully saturated rings. The van der Waals surface area contributed by atoms with Gasteiger partial charge in [0.05, 0.1) is 18.4 Å². The molecule has 0 radical (unpaired) electrons. The van der Waals surface area contributed by atoms with Crippen LogP contribution in [-0.4, -0.2) is 32.5 Å². The smallest absolute Gasteiger partial charge is 0.252 e. The van der Waals surface area contributed by atoms with Crippen LogP contribution in [0.4, 0.5) is 0 Å². The van der Waals surface area contributed by atoms with Crippen molar-refractivity contribution in [2.24, 2.45) is 0 Å². The Morgan fingerprint density at radius 2 is 2.08 bits per heavy atom. The summed E-state index contributed by atoms with van der Waals surface area (Å²) in [5, 5.41) is 4.35. The van der Waals surface area contributed by atoms with Gasteiger partial charge in [-0.15, -0.1) is 5.10 Å². The minimum atomic E-state index is 0.0738. The Hall–Kier alpha value is -2.76. The summed E-state index contributed by atoms with van der Waals surface area (Å²) in [6.45, 7) is 2.00. The van der Waals surface area contributed by atoms with E-state index in [0.29, 0.717) is 24.2 Å². The van der Waals surface area contributed by atoms with Gasteiger partial charge < -0.3 is 4.74 Å². The summed E-state index contributed by atoms with van der Waals surface area (Å²) in [4.78, 5) is 21.6. The van der Waals surface area contributed by atoms with Crippen molar-refractivity contribution >= 4 is 11.6 Å². The number of aryl methyl sites for hydroxylation is 1. The van der Waals surface area contributed by atoms with Crippen molar-refractivity contribution in [3.8, 4) is 5.75 Å². The molecule has 1 unspecified atom stereocenters. The van der Waals surface area contributed by atoms with Gasteiger partial charge in [-0.05, 0) is 18.1 Å². The van der Waals surface area contributed by atoms with Gasteiger partial charge in [0.25, 0.3) is 5.78 Å². The molecule has 6 heteroatoms. The zero-order valence-electron chi connectivity index (χ0n) is 13.7. The number of Topliss-reactive ketones (excluding diaryl/α,β-unsaturated/α-hetero) is 1. The summed E-state index contributed by atoms with van der Waals surface area (Å²) in [6, 6.07) is 7.86. The number of carbonyl (C=O) groups is 1. The van der Waals surface area contributed by atoms with Crippen molar-refractivity contribution in [3.05, 3.63) is 53.1 Å². The number of fused-ring (bicyclic) bond motifs is 2. The van der Waals surface area contributed by atoms with Crippen LogP contribution in [0, 0.1) is 0 Å². The third-order valence-corrected chi connectivity index (χ3v) is 4.52. The lowest BCUT2D eigenvalue weighted by molar-refractivity contribution is 0.0962. The third-order valence-electron chi connectivity index (χ3n) is 4.52. The van der Waals surface area contributed by atoms with Crippen LogP contribution >= 0.6 is 0 Å². The first-order valence-electron chi connectivity index (χ1n) is 8.11. The lowest BCUT2D eigenvalue weighted by Crippen LogP contribution is -2.21. The van der Waals surface area contributed by atoms with E-state index in [1.54, 1.807) is 17.8 Å². The number of hydrogen-bond acceptors (Lipinski definition) is 5. The first-order chi connectivity index (χ1) is 11.7. The minimum absolute atomic E-state index is 0.0738. The highest BCUT2D eigenvalue weighted by Crippen LogP contribution is 2.36. The summed E-state index contributed by atoms with van der Waals surface area (Å²) >= 11 is 0. The molecule has 1 aliphatic carbocycles. The summed E-state index contributed by atoms with van der Waals surface area (Å²) in [6.07, 6.45) is 3.67. The van der Waals surface area contributed by atoms with Gasteiger partial charge in [-0.3, -0.25) is 4.79 Å². The highest BCUT2D eigenvalue weighted by molar-refractivity contribution is 5.98. The van der Waals surface area contributed by atoms with E-state index in [2.05, 4.69) is 15.1 Å². The van der Waals surface area contributed by atoms with Gasteiger partial charge in [0, 0.05) is 25.0 Å². The highest BCUT2D eigenvalue weighted by Gasteiger charge is 2.30. The molecule has 0 bridgehead atoms. The van der Waals surface area contributed by atoms with Crippen molar-refractivity contribution in [2.75, 3.05) is 7.11 Å². The van der Waals surface area contributed by atoms with Crippen LogP contribution in [0.15, 0.2) is 30.5 Å². The fraction of sp³-hybridized carbons (Fsp3) is 0.333. The monoisotopic (exact) mass is 322 g/mol. The second-order valence-corrected chi connectivity index (χ2v) is 6.00. The first kappa shape index (κ1) is 14.8. The molecule has 1 aromatic carbocycles. The average molecular weight is 322 g/mol. The fourth-order valence-electron chi connectivity index (χ4n) is 3.30. The quantitative estimate of drug-likeness (QED) is 0.741. The number of hydrogen-bond donors (Lipinski definition) is 0.